The van der Waals surface area contributed by atoms with Crippen LogP contribution in [0.25, 0.3) is 10.9 Å². The van der Waals surface area contributed by atoms with Crippen molar-refractivity contribution in [3.63, 3.8) is 0 Å². The molecule has 3 aromatic rings. The zero-order valence-electron chi connectivity index (χ0n) is 18.5. The number of halogens is 1. The summed E-state index contributed by atoms with van der Waals surface area (Å²) in [7, 11) is 1.77. The molecule has 4 N–H and O–H groups in total. The van der Waals surface area contributed by atoms with Crippen molar-refractivity contribution < 1.29 is 9.53 Å². The number of carbonyl (C=O) groups is 1. The van der Waals surface area contributed by atoms with Crippen LogP contribution in [0.5, 0.6) is 5.75 Å². The maximum atomic E-state index is 11.5. The number of aliphatic imine (C=N–C) groups is 1. The molecule has 0 fully saturated rings. The first-order chi connectivity index (χ1) is 15.1. The van der Waals surface area contributed by atoms with Gasteiger partial charge in [0.2, 0.25) is 5.91 Å². The summed E-state index contributed by atoms with van der Waals surface area (Å²) in [5.41, 5.74) is 5.74. The van der Waals surface area contributed by atoms with Crippen LogP contribution in [0.15, 0.2) is 47.6 Å². The van der Waals surface area contributed by atoms with Crippen molar-refractivity contribution in [3.8, 4) is 5.75 Å². The standard InChI is InChI=1S/C24H29N5O2.HI/c1-16-3-6-20-18(15-28-22(20)13-16)9-10-26-24(25-2)27-11-12-31-19-5-7-21-17(14-19)4-8-23(30)29-21;/h3,5-7,13-15,28H,4,8-12H2,1-2H3,(H,29,30)(H2,25,26,27);1H. The molecule has 0 saturated heterocycles. The molecular weight excluding hydrogens is 517 g/mol. The molecule has 1 aliphatic heterocycles. The highest BCUT2D eigenvalue weighted by atomic mass is 127. The van der Waals surface area contributed by atoms with Crippen LogP contribution in [-0.4, -0.2) is 43.6 Å². The van der Waals surface area contributed by atoms with E-state index in [1.54, 1.807) is 7.05 Å². The molecular formula is C24H30IN5O2. The Hall–Kier alpha value is -2.75. The van der Waals surface area contributed by atoms with Crippen LogP contribution < -0.4 is 20.7 Å². The van der Waals surface area contributed by atoms with E-state index in [2.05, 4.69) is 57.2 Å². The Morgan fingerprint density at radius 1 is 1.12 bits per heavy atom. The first-order valence-electron chi connectivity index (χ1n) is 10.7. The van der Waals surface area contributed by atoms with Crippen LogP contribution in [0.2, 0.25) is 0 Å². The Balaban J connectivity index is 0.00000289. The molecule has 2 aromatic carbocycles. The van der Waals surface area contributed by atoms with E-state index < -0.39 is 0 Å². The SMILES string of the molecule is CN=C(NCCOc1ccc2c(c1)CCC(=O)N2)NCCc1c[nH]c2cc(C)ccc12.I. The molecule has 0 bridgehead atoms. The Bertz CT molecular complexity index is 1110. The van der Waals surface area contributed by atoms with Crippen molar-refractivity contribution in [3.05, 3.63) is 59.3 Å². The second-order valence-corrected chi connectivity index (χ2v) is 7.75. The molecule has 0 saturated carbocycles. The minimum Gasteiger partial charge on any atom is -0.492 e. The second-order valence-electron chi connectivity index (χ2n) is 7.75. The minimum atomic E-state index is 0. The summed E-state index contributed by atoms with van der Waals surface area (Å²) in [4.78, 5) is 19.1. The van der Waals surface area contributed by atoms with Gasteiger partial charge in [0.15, 0.2) is 5.96 Å². The lowest BCUT2D eigenvalue weighted by atomic mass is 10.0. The van der Waals surface area contributed by atoms with Gasteiger partial charge in [0.05, 0.1) is 6.54 Å². The summed E-state index contributed by atoms with van der Waals surface area (Å²) < 4.78 is 5.85. The molecule has 0 aliphatic carbocycles. The van der Waals surface area contributed by atoms with E-state index in [4.69, 9.17) is 4.74 Å². The van der Waals surface area contributed by atoms with E-state index in [1.165, 1.54) is 22.0 Å². The molecule has 0 radical (unpaired) electrons. The molecule has 0 unspecified atom stereocenters. The van der Waals surface area contributed by atoms with Gasteiger partial charge < -0.3 is 25.7 Å². The number of anilines is 1. The maximum absolute atomic E-state index is 11.5. The highest BCUT2D eigenvalue weighted by Gasteiger charge is 2.15. The Labute approximate surface area is 205 Å². The number of aromatic amines is 1. The summed E-state index contributed by atoms with van der Waals surface area (Å²) in [5.74, 6) is 1.64. The number of fused-ring (bicyclic) bond motifs is 2. The number of ether oxygens (including phenoxy) is 1. The molecule has 1 aromatic heterocycles. The number of amides is 1. The summed E-state index contributed by atoms with van der Waals surface area (Å²) in [5, 5.41) is 10.8. The van der Waals surface area contributed by atoms with E-state index in [0.29, 0.717) is 19.6 Å². The normalized spacial score (nSPS) is 13.2. The average molecular weight is 547 g/mol. The van der Waals surface area contributed by atoms with Crippen LogP contribution >= 0.6 is 24.0 Å². The van der Waals surface area contributed by atoms with Crippen LogP contribution in [0.1, 0.15) is 23.1 Å². The number of aryl methyl sites for hydroxylation is 2. The van der Waals surface area contributed by atoms with E-state index in [1.807, 2.05) is 18.2 Å². The van der Waals surface area contributed by atoms with Gasteiger partial charge in [0.1, 0.15) is 12.4 Å². The molecule has 2 heterocycles. The smallest absolute Gasteiger partial charge is 0.224 e. The molecule has 0 atom stereocenters. The van der Waals surface area contributed by atoms with Crippen LogP contribution in [0.3, 0.4) is 0 Å². The molecule has 0 spiro atoms. The quantitative estimate of drug-likeness (QED) is 0.157. The first kappa shape index (κ1) is 23.9. The average Bonchev–Trinajstić information content (AvgIpc) is 3.17. The fourth-order valence-corrected chi connectivity index (χ4v) is 3.83. The van der Waals surface area contributed by atoms with Crippen LogP contribution in [-0.2, 0) is 17.6 Å². The van der Waals surface area contributed by atoms with Crippen LogP contribution in [0.4, 0.5) is 5.69 Å². The van der Waals surface area contributed by atoms with E-state index in [-0.39, 0.29) is 29.9 Å². The zero-order chi connectivity index (χ0) is 21.6. The molecule has 1 amide bonds. The van der Waals surface area contributed by atoms with Gasteiger partial charge >= 0.3 is 0 Å². The van der Waals surface area contributed by atoms with Gasteiger partial charge in [-0.3, -0.25) is 9.79 Å². The Morgan fingerprint density at radius 3 is 2.81 bits per heavy atom. The molecule has 8 heteroatoms. The summed E-state index contributed by atoms with van der Waals surface area (Å²) >= 11 is 0. The summed E-state index contributed by atoms with van der Waals surface area (Å²) in [6.07, 6.45) is 4.27. The summed E-state index contributed by atoms with van der Waals surface area (Å²) in [6.45, 7) is 4.05. The summed E-state index contributed by atoms with van der Waals surface area (Å²) in [6, 6.07) is 12.3. The van der Waals surface area contributed by atoms with E-state index >= 15 is 0 Å². The highest BCUT2D eigenvalue weighted by molar-refractivity contribution is 14.0. The second kappa shape index (κ2) is 11.2. The van der Waals surface area contributed by atoms with Gasteiger partial charge in [-0.1, -0.05) is 12.1 Å². The lowest BCUT2D eigenvalue weighted by Crippen LogP contribution is -2.40. The van der Waals surface area contributed by atoms with Gasteiger partial charge in [0.25, 0.3) is 0 Å². The van der Waals surface area contributed by atoms with Gasteiger partial charge in [0, 0.05) is 42.8 Å². The Kier molecular flexibility index (Phi) is 8.38. The van der Waals surface area contributed by atoms with Gasteiger partial charge in [-0.05, 0) is 60.7 Å². The zero-order valence-corrected chi connectivity index (χ0v) is 20.8. The lowest BCUT2D eigenvalue weighted by molar-refractivity contribution is -0.116. The van der Waals surface area contributed by atoms with E-state index in [0.717, 1.165) is 42.3 Å². The predicted octanol–water partition coefficient (Wildman–Crippen LogP) is 3.77. The number of benzene rings is 2. The molecule has 170 valence electrons. The number of nitrogens with zero attached hydrogens (tertiary/aromatic N) is 1. The third kappa shape index (κ3) is 5.93. The van der Waals surface area contributed by atoms with Gasteiger partial charge in [-0.25, -0.2) is 0 Å². The van der Waals surface area contributed by atoms with E-state index in [9.17, 15) is 4.79 Å². The minimum absolute atomic E-state index is 0. The molecule has 32 heavy (non-hydrogen) atoms. The van der Waals surface area contributed by atoms with Gasteiger partial charge in [-0.2, -0.15) is 0 Å². The molecule has 7 nitrogen and oxygen atoms in total. The number of H-pyrrole nitrogens is 1. The van der Waals surface area contributed by atoms with Crippen molar-refractivity contribution in [1.29, 1.82) is 0 Å². The maximum Gasteiger partial charge on any atom is 0.224 e. The number of rotatable bonds is 7. The third-order valence-corrected chi connectivity index (χ3v) is 5.47. The molecule has 1 aliphatic rings. The number of hydrogen-bond acceptors (Lipinski definition) is 3. The predicted molar refractivity (Wildman–Crippen MR) is 140 cm³/mol. The topological polar surface area (TPSA) is 90.5 Å². The lowest BCUT2D eigenvalue weighted by Gasteiger charge is -2.18. The van der Waals surface area contributed by atoms with Crippen molar-refractivity contribution in [2.24, 2.45) is 4.99 Å². The largest absolute Gasteiger partial charge is 0.492 e. The van der Waals surface area contributed by atoms with Crippen molar-refractivity contribution >= 4 is 52.4 Å². The monoisotopic (exact) mass is 547 g/mol. The third-order valence-electron chi connectivity index (χ3n) is 5.47. The fraction of sp³-hybridized carbons (Fsp3) is 0.333. The number of carbonyl (C=O) groups excluding carboxylic acids is 1. The van der Waals surface area contributed by atoms with Crippen molar-refractivity contribution in [2.75, 3.05) is 32.1 Å². The number of hydrogen-bond donors (Lipinski definition) is 4. The highest BCUT2D eigenvalue weighted by Crippen LogP contribution is 2.26. The fourth-order valence-electron chi connectivity index (χ4n) is 3.83. The Morgan fingerprint density at radius 2 is 1.97 bits per heavy atom. The number of nitrogens with one attached hydrogen (secondary N) is 4. The number of aromatic nitrogens is 1. The van der Waals surface area contributed by atoms with Crippen LogP contribution in [0, 0.1) is 6.92 Å². The van der Waals surface area contributed by atoms with Gasteiger partial charge in [-0.15, -0.1) is 24.0 Å². The van der Waals surface area contributed by atoms with Crippen molar-refractivity contribution in [2.45, 2.75) is 26.2 Å². The first-order valence-corrected chi connectivity index (χ1v) is 10.7. The van der Waals surface area contributed by atoms with Crippen molar-refractivity contribution in [1.82, 2.24) is 15.6 Å². The number of guanidine groups is 1. The molecule has 4 rings (SSSR count).